The number of aromatic nitrogens is 2. The van der Waals surface area contributed by atoms with Crippen LogP contribution >= 0.6 is 19.8 Å². The zero-order chi connectivity index (χ0) is 7.98. The van der Waals surface area contributed by atoms with Crippen LogP contribution < -0.4 is 0 Å². The van der Waals surface area contributed by atoms with Crippen LogP contribution in [-0.4, -0.2) is 9.78 Å². The molecule has 1 heterocycles. The molecule has 0 aliphatic heterocycles. The van der Waals surface area contributed by atoms with E-state index in [2.05, 4.69) is 44.8 Å². The number of hydrogen-bond donors (Lipinski definition) is 0. The van der Waals surface area contributed by atoms with Gasteiger partial charge in [-0.1, -0.05) is 0 Å². The summed E-state index contributed by atoms with van der Waals surface area (Å²) in [5, 5.41) is 3.98. The van der Waals surface area contributed by atoms with Gasteiger partial charge in [0.25, 0.3) is 0 Å². The minimum atomic E-state index is 0.459. The molecule has 1 aromatic rings. The second-order valence-corrected chi connectivity index (χ2v) is 2.01. The molecule has 52 valence electrons. The van der Waals surface area contributed by atoms with Gasteiger partial charge in [0.05, 0.1) is 0 Å². The van der Waals surface area contributed by atoms with Crippen molar-refractivity contribution in [1.82, 2.24) is 9.78 Å². The molecule has 0 atom stereocenters. The zero-order valence-corrected chi connectivity index (χ0v) is 11.3. The average Bonchev–Trinajstić information content (AvgIpc) is 2.42. The Morgan fingerprint density at radius 3 is 2.40 bits per heavy atom. The van der Waals surface area contributed by atoms with Crippen LogP contribution in [0.25, 0.3) is 0 Å². The van der Waals surface area contributed by atoms with Crippen LogP contribution in [0.4, 0.5) is 0 Å². The Kier molecular flexibility index (Phi) is 6.64. The molecule has 1 aromatic heterocycles. The number of hydrogen-bond acceptors (Lipinski definition) is 1. The first-order valence-corrected chi connectivity index (χ1v) is 12.0. The Hall–Kier alpha value is 0.563. The third kappa shape index (κ3) is 3.66. The van der Waals surface area contributed by atoms with Gasteiger partial charge in [-0.2, -0.15) is 6.20 Å². The SMILES string of the molecule is CC(C)n1c[c-]cn1.[Zn+][I]. The fraction of sp³-hybridized carbons (Fsp3) is 0.500. The first-order valence-electron chi connectivity index (χ1n) is 2.97. The Labute approximate surface area is 82.2 Å². The van der Waals surface area contributed by atoms with Crippen LogP contribution in [0.1, 0.15) is 19.9 Å². The Morgan fingerprint density at radius 1 is 1.60 bits per heavy atom. The summed E-state index contributed by atoms with van der Waals surface area (Å²) in [4.78, 5) is 0. The minimum absolute atomic E-state index is 0.459. The van der Waals surface area contributed by atoms with Crippen LogP contribution in [0.2, 0.25) is 0 Å². The molecule has 0 radical (unpaired) electrons. The molecule has 0 saturated carbocycles. The van der Waals surface area contributed by atoms with E-state index in [-0.39, 0.29) is 0 Å². The molecular formula is C6H9IN2Zn. The molecule has 0 aliphatic carbocycles. The van der Waals surface area contributed by atoms with Crippen LogP contribution in [0.3, 0.4) is 0 Å². The second kappa shape index (κ2) is 6.28. The van der Waals surface area contributed by atoms with E-state index in [0.29, 0.717) is 6.04 Å². The number of rotatable bonds is 1. The van der Waals surface area contributed by atoms with Crippen molar-refractivity contribution in [2.75, 3.05) is 0 Å². The molecule has 0 fully saturated rings. The molecule has 0 aromatic carbocycles. The van der Waals surface area contributed by atoms with Crippen molar-refractivity contribution in [2.24, 2.45) is 0 Å². The van der Waals surface area contributed by atoms with Gasteiger partial charge in [0.15, 0.2) is 0 Å². The van der Waals surface area contributed by atoms with Crippen molar-refractivity contribution in [2.45, 2.75) is 19.9 Å². The zero-order valence-electron chi connectivity index (χ0n) is 6.21. The topological polar surface area (TPSA) is 17.8 Å². The normalized spacial score (nSPS) is 9.00. The van der Waals surface area contributed by atoms with Gasteiger partial charge in [0.2, 0.25) is 0 Å². The van der Waals surface area contributed by atoms with E-state index in [9.17, 15) is 0 Å². The first-order chi connectivity index (χ1) is 4.80. The summed E-state index contributed by atoms with van der Waals surface area (Å²) < 4.78 is 1.86. The van der Waals surface area contributed by atoms with E-state index in [1.807, 2.05) is 10.9 Å². The van der Waals surface area contributed by atoms with E-state index in [0.717, 1.165) is 0 Å². The number of halogens is 1. The molecule has 4 heteroatoms. The molecule has 0 bridgehead atoms. The van der Waals surface area contributed by atoms with Gasteiger partial charge < -0.3 is 10.7 Å². The predicted molar refractivity (Wildman–Crippen MR) is 45.5 cm³/mol. The van der Waals surface area contributed by atoms with Crippen molar-refractivity contribution in [3.05, 3.63) is 18.5 Å². The Balaban J connectivity index is 0.000000371. The summed E-state index contributed by atoms with van der Waals surface area (Å²) in [6.45, 7) is 4.17. The fourth-order valence-electron chi connectivity index (χ4n) is 0.525. The summed E-state index contributed by atoms with van der Waals surface area (Å²) in [6.07, 6.45) is 3.50. The molecule has 0 spiro atoms. The average molecular weight is 301 g/mol. The van der Waals surface area contributed by atoms with Crippen molar-refractivity contribution in [3.63, 3.8) is 0 Å². The maximum atomic E-state index is 3.98. The fourth-order valence-corrected chi connectivity index (χ4v) is 0.525. The third-order valence-corrected chi connectivity index (χ3v) is 1.00. The quantitative estimate of drug-likeness (QED) is 0.441. The molecule has 0 unspecified atom stereocenters. The third-order valence-electron chi connectivity index (χ3n) is 1.00. The summed E-state index contributed by atoms with van der Waals surface area (Å²) >= 11 is 3.62. The van der Waals surface area contributed by atoms with Crippen LogP contribution in [0.5, 0.6) is 0 Å². The van der Waals surface area contributed by atoms with Gasteiger partial charge in [-0.05, 0) is 13.8 Å². The van der Waals surface area contributed by atoms with Gasteiger partial charge in [-0.15, -0.1) is 6.20 Å². The van der Waals surface area contributed by atoms with Gasteiger partial charge in [-0.3, -0.25) is 0 Å². The molecule has 0 N–H and O–H groups in total. The molecule has 0 amide bonds. The van der Waals surface area contributed by atoms with Gasteiger partial charge in [0, 0.05) is 6.04 Å². The maximum absolute atomic E-state index is 3.98. The van der Waals surface area contributed by atoms with Gasteiger partial charge in [0.1, 0.15) is 0 Å². The molecule has 0 aliphatic rings. The van der Waals surface area contributed by atoms with Crippen molar-refractivity contribution >= 4 is 19.8 Å². The predicted octanol–water partition coefficient (Wildman–Crippen LogP) is 2.15. The summed E-state index contributed by atoms with van der Waals surface area (Å²) in [7, 11) is 0. The summed E-state index contributed by atoms with van der Waals surface area (Å²) in [5.41, 5.74) is 0. The van der Waals surface area contributed by atoms with Crippen molar-refractivity contribution in [3.8, 4) is 0 Å². The molecule has 0 saturated heterocycles. The van der Waals surface area contributed by atoms with Crippen molar-refractivity contribution in [1.29, 1.82) is 0 Å². The molecule has 2 nitrogen and oxygen atoms in total. The van der Waals surface area contributed by atoms with Crippen LogP contribution in [0.15, 0.2) is 12.4 Å². The van der Waals surface area contributed by atoms with Gasteiger partial charge in [-0.25, -0.2) is 5.10 Å². The number of nitrogens with zero attached hydrogens (tertiary/aromatic N) is 2. The van der Waals surface area contributed by atoms with E-state index in [4.69, 9.17) is 0 Å². The summed E-state index contributed by atoms with van der Waals surface area (Å²) in [5.74, 6) is 0. The van der Waals surface area contributed by atoms with Crippen molar-refractivity contribution < 1.29 is 14.8 Å². The monoisotopic (exact) mass is 300 g/mol. The molecule has 1 rings (SSSR count). The van der Waals surface area contributed by atoms with E-state index >= 15 is 0 Å². The standard InChI is InChI=1S/C6H9N2.HI.Zn/c1-6(2)8-5-3-4-7-8;;/h4-6H,1-2H3;1H;/q-1;;+2/p-1. The van der Waals surface area contributed by atoms with E-state index < -0.39 is 0 Å². The Bertz CT molecular complexity index is 151. The van der Waals surface area contributed by atoms with Crippen LogP contribution in [-0.2, 0) is 14.8 Å². The molecule has 10 heavy (non-hydrogen) atoms. The van der Waals surface area contributed by atoms with Gasteiger partial charge >= 0.3 is 34.5 Å². The van der Waals surface area contributed by atoms with E-state index in [1.165, 1.54) is 14.8 Å². The second-order valence-electron chi connectivity index (χ2n) is 2.01. The summed E-state index contributed by atoms with van der Waals surface area (Å²) in [6, 6.07) is 3.32. The van der Waals surface area contributed by atoms with Crippen LogP contribution in [0, 0.1) is 6.07 Å². The Morgan fingerprint density at radius 2 is 2.20 bits per heavy atom. The van der Waals surface area contributed by atoms with E-state index in [1.54, 1.807) is 6.20 Å². The molecular weight excluding hydrogens is 292 g/mol. The first kappa shape index (κ1) is 10.6.